The molecule has 0 aliphatic heterocycles. The van der Waals surface area contributed by atoms with Crippen molar-refractivity contribution in [2.75, 3.05) is 13.7 Å². The number of nitrogens with zero attached hydrogens (tertiary/aromatic N) is 3. The molecule has 0 unspecified atom stereocenters. The van der Waals surface area contributed by atoms with E-state index in [4.69, 9.17) is 17.0 Å². The summed E-state index contributed by atoms with van der Waals surface area (Å²) < 4.78 is 7.71. The number of nitrogens with one attached hydrogen (secondary N) is 1. The lowest BCUT2D eigenvalue weighted by atomic mass is 10.1. The van der Waals surface area contributed by atoms with Gasteiger partial charge < -0.3 is 4.74 Å². The molecule has 2 heterocycles. The van der Waals surface area contributed by atoms with Crippen LogP contribution in [-0.4, -0.2) is 33.5 Å². The Morgan fingerprint density at radius 2 is 2.14 bits per heavy atom. The summed E-state index contributed by atoms with van der Waals surface area (Å²) in [6.45, 7) is 3.23. The number of ether oxygens (including phenoxy) is 1. The van der Waals surface area contributed by atoms with Crippen molar-refractivity contribution in [1.82, 2.24) is 19.7 Å². The highest BCUT2D eigenvalue weighted by Gasteiger charge is 2.13. The number of para-hydroxylation sites is 1. The van der Waals surface area contributed by atoms with Crippen LogP contribution in [0.25, 0.3) is 22.3 Å². The van der Waals surface area contributed by atoms with E-state index in [0.29, 0.717) is 17.9 Å². The first-order valence-electron chi connectivity index (χ1n) is 6.71. The van der Waals surface area contributed by atoms with Gasteiger partial charge >= 0.3 is 0 Å². The van der Waals surface area contributed by atoms with E-state index < -0.39 is 0 Å². The molecule has 1 aromatic carbocycles. The molecule has 0 aliphatic carbocycles. The van der Waals surface area contributed by atoms with Gasteiger partial charge in [0.05, 0.1) is 18.7 Å². The maximum absolute atomic E-state index is 5.32. The van der Waals surface area contributed by atoms with Crippen LogP contribution in [0.15, 0.2) is 30.3 Å². The Hall–Kier alpha value is -2.05. The van der Waals surface area contributed by atoms with Crippen LogP contribution in [0.5, 0.6) is 0 Å². The van der Waals surface area contributed by atoms with Gasteiger partial charge in [0.15, 0.2) is 10.6 Å². The van der Waals surface area contributed by atoms with E-state index >= 15 is 0 Å². The first-order valence-corrected chi connectivity index (χ1v) is 7.12. The van der Waals surface area contributed by atoms with Crippen molar-refractivity contribution in [1.29, 1.82) is 0 Å². The number of hydrogen-bond donors (Lipinski definition) is 1. The lowest BCUT2D eigenvalue weighted by molar-refractivity contribution is 0.187. The average molecular weight is 300 g/mol. The first-order chi connectivity index (χ1) is 10.2. The van der Waals surface area contributed by atoms with Gasteiger partial charge in [-0.15, -0.1) is 0 Å². The predicted molar refractivity (Wildman–Crippen MR) is 84.8 cm³/mol. The molecular formula is C15H16N4OS. The fraction of sp³-hybridized carbons (Fsp3) is 0.267. The minimum Gasteiger partial charge on any atom is -0.383 e. The molecule has 6 heteroatoms. The van der Waals surface area contributed by atoms with Crippen LogP contribution in [0.4, 0.5) is 0 Å². The monoisotopic (exact) mass is 300 g/mol. The molecule has 21 heavy (non-hydrogen) atoms. The number of H-pyrrole nitrogens is 1. The highest BCUT2D eigenvalue weighted by atomic mass is 32.1. The smallest absolute Gasteiger partial charge is 0.195 e. The van der Waals surface area contributed by atoms with E-state index in [1.54, 1.807) is 7.11 Å². The van der Waals surface area contributed by atoms with Crippen LogP contribution in [0.3, 0.4) is 0 Å². The van der Waals surface area contributed by atoms with Crippen LogP contribution >= 0.6 is 12.2 Å². The zero-order valence-electron chi connectivity index (χ0n) is 12.0. The Labute approximate surface area is 127 Å². The predicted octanol–water partition coefficient (Wildman–Crippen LogP) is 3.11. The standard InChI is InChI=1S/C15H16N4OS/c1-10-9-12(11-5-3-4-6-13(11)16-10)14-17-18-15(21)19(14)7-8-20-2/h3-6,9H,7-8H2,1-2H3,(H,18,21). The number of aromatic nitrogens is 4. The van der Waals surface area contributed by atoms with Crippen molar-refractivity contribution in [2.45, 2.75) is 13.5 Å². The molecule has 0 fully saturated rings. The van der Waals surface area contributed by atoms with Gasteiger partial charge in [-0.05, 0) is 31.3 Å². The third-order valence-corrected chi connectivity index (χ3v) is 3.67. The Morgan fingerprint density at radius 1 is 1.33 bits per heavy atom. The van der Waals surface area contributed by atoms with Crippen molar-refractivity contribution in [3.05, 3.63) is 40.8 Å². The normalized spacial score (nSPS) is 11.1. The Bertz CT molecular complexity index is 837. The number of rotatable bonds is 4. The molecule has 1 N–H and O–H groups in total. The number of aryl methyl sites for hydroxylation is 1. The summed E-state index contributed by atoms with van der Waals surface area (Å²) in [6.07, 6.45) is 0. The molecule has 0 atom stereocenters. The van der Waals surface area contributed by atoms with E-state index in [1.807, 2.05) is 35.8 Å². The maximum Gasteiger partial charge on any atom is 0.195 e. The minimum atomic E-state index is 0.586. The molecule has 0 spiro atoms. The summed E-state index contributed by atoms with van der Waals surface area (Å²) in [5.74, 6) is 0.818. The topological polar surface area (TPSA) is 55.7 Å². The van der Waals surface area contributed by atoms with E-state index in [0.717, 1.165) is 28.0 Å². The van der Waals surface area contributed by atoms with Gasteiger partial charge in [-0.25, -0.2) is 0 Å². The Kier molecular flexibility index (Phi) is 3.81. The van der Waals surface area contributed by atoms with Crippen LogP contribution in [0.2, 0.25) is 0 Å². The summed E-state index contributed by atoms with van der Waals surface area (Å²) in [5, 5.41) is 8.33. The number of pyridine rings is 1. The van der Waals surface area contributed by atoms with E-state index in [2.05, 4.69) is 21.2 Å². The van der Waals surface area contributed by atoms with Crippen LogP contribution < -0.4 is 0 Å². The van der Waals surface area contributed by atoms with Crippen molar-refractivity contribution in [3.63, 3.8) is 0 Å². The van der Waals surface area contributed by atoms with Crippen LogP contribution in [0.1, 0.15) is 5.69 Å². The lowest BCUT2D eigenvalue weighted by Crippen LogP contribution is -2.06. The molecule has 0 saturated heterocycles. The quantitative estimate of drug-likeness (QED) is 0.752. The Morgan fingerprint density at radius 3 is 2.95 bits per heavy atom. The molecular weight excluding hydrogens is 284 g/mol. The number of benzene rings is 1. The Balaban J connectivity index is 2.23. The number of hydrogen-bond acceptors (Lipinski definition) is 4. The highest BCUT2D eigenvalue weighted by Crippen LogP contribution is 2.27. The zero-order chi connectivity index (χ0) is 14.8. The van der Waals surface area contributed by atoms with Crippen molar-refractivity contribution < 1.29 is 4.74 Å². The molecule has 5 nitrogen and oxygen atoms in total. The first kappa shape index (κ1) is 13.9. The summed E-state index contributed by atoms with van der Waals surface area (Å²) in [5.41, 5.74) is 2.94. The third-order valence-electron chi connectivity index (χ3n) is 3.36. The van der Waals surface area contributed by atoms with Gasteiger partial charge in [0.25, 0.3) is 0 Å². The third kappa shape index (κ3) is 2.59. The van der Waals surface area contributed by atoms with Crippen LogP contribution in [0, 0.1) is 11.7 Å². The van der Waals surface area contributed by atoms with Gasteiger partial charge in [0.1, 0.15) is 0 Å². The number of methoxy groups -OCH3 is 1. The van der Waals surface area contributed by atoms with Gasteiger partial charge in [-0.3, -0.25) is 14.6 Å². The molecule has 0 radical (unpaired) electrons. The second-order valence-corrected chi connectivity index (χ2v) is 5.21. The average Bonchev–Trinajstić information content (AvgIpc) is 2.85. The minimum absolute atomic E-state index is 0.586. The van der Waals surface area contributed by atoms with Gasteiger partial charge in [0.2, 0.25) is 0 Å². The van der Waals surface area contributed by atoms with Crippen molar-refractivity contribution in [3.8, 4) is 11.4 Å². The SMILES string of the molecule is COCCn1c(-c2cc(C)nc3ccccc23)n[nH]c1=S. The molecule has 0 amide bonds. The fourth-order valence-electron chi connectivity index (χ4n) is 2.41. The number of aromatic amines is 1. The molecule has 0 aliphatic rings. The zero-order valence-corrected chi connectivity index (χ0v) is 12.8. The fourth-order valence-corrected chi connectivity index (χ4v) is 2.63. The largest absolute Gasteiger partial charge is 0.383 e. The highest BCUT2D eigenvalue weighted by molar-refractivity contribution is 7.71. The second-order valence-electron chi connectivity index (χ2n) is 4.83. The maximum atomic E-state index is 5.32. The summed E-state index contributed by atoms with van der Waals surface area (Å²) >= 11 is 5.32. The molecule has 0 saturated carbocycles. The van der Waals surface area contributed by atoms with E-state index in [9.17, 15) is 0 Å². The molecule has 3 aromatic rings. The van der Waals surface area contributed by atoms with Gasteiger partial charge in [0, 0.05) is 23.8 Å². The molecule has 3 rings (SSSR count). The summed E-state index contributed by atoms with van der Waals surface area (Å²) in [7, 11) is 1.68. The summed E-state index contributed by atoms with van der Waals surface area (Å²) in [4.78, 5) is 4.56. The number of fused-ring (bicyclic) bond motifs is 1. The lowest BCUT2D eigenvalue weighted by Gasteiger charge is -2.09. The van der Waals surface area contributed by atoms with Crippen molar-refractivity contribution >= 4 is 23.1 Å². The molecule has 0 bridgehead atoms. The molecule has 2 aromatic heterocycles. The van der Waals surface area contributed by atoms with Gasteiger partial charge in [-0.2, -0.15) is 5.10 Å². The van der Waals surface area contributed by atoms with E-state index in [1.165, 1.54) is 0 Å². The van der Waals surface area contributed by atoms with E-state index in [-0.39, 0.29) is 0 Å². The van der Waals surface area contributed by atoms with Gasteiger partial charge in [-0.1, -0.05) is 18.2 Å². The van der Waals surface area contributed by atoms with Crippen molar-refractivity contribution in [2.24, 2.45) is 0 Å². The summed E-state index contributed by atoms with van der Waals surface area (Å²) in [6, 6.07) is 10.1. The van der Waals surface area contributed by atoms with Crippen LogP contribution in [-0.2, 0) is 11.3 Å². The molecule has 108 valence electrons. The second kappa shape index (κ2) is 5.75.